The summed E-state index contributed by atoms with van der Waals surface area (Å²) in [6.45, 7) is 5.87. The molecule has 0 saturated carbocycles. The number of aryl methyl sites for hydroxylation is 1. The Balaban J connectivity index is 2.35. The zero-order chi connectivity index (χ0) is 20.2. The van der Waals surface area contributed by atoms with E-state index >= 15 is 0 Å². The van der Waals surface area contributed by atoms with Gasteiger partial charge in [0.2, 0.25) is 10.0 Å². The minimum absolute atomic E-state index is 0.0485. The van der Waals surface area contributed by atoms with E-state index in [1.54, 1.807) is 0 Å². The number of carbonyl (C=O) groups excluding carboxylic acids is 1. The van der Waals surface area contributed by atoms with Gasteiger partial charge in [0, 0.05) is 19.6 Å². The number of methoxy groups -OCH3 is 1. The Morgan fingerprint density at radius 3 is 2.48 bits per heavy atom. The van der Waals surface area contributed by atoms with Gasteiger partial charge in [-0.2, -0.15) is 4.31 Å². The molecule has 6 nitrogen and oxygen atoms in total. The van der Waals surface area contributed by atoms with Gasteiger partial charge < -0.3 is 10.1 Å². The van der Waals surface area contributed by atoms with Gasteiger partial charge in [0.05, 0.1) is 17.6 Å². The fourth-order valence-electron chi connectivity index (χ4n) is 2.70. The first kappa shape index (κ1) is 20.9. The third-order valence-corrected chi connectivity index (χ3v) is 5.83. The fourth-order valence-corrected chi connectivity index (χ4v) is 3.88. The normalized spacial score (nSPS) is 11.7. The largest absolute Gasteiger partial charge is 0.496 e. The molecule has 0 unspecified atom stereocenters. The van der Waals surface area contributed by atoms with Gasteiger partial charge in [-0.25, -0.2) is 8.42 Å². The molecule has 0 spiro atoms. The van der Waals surface area contributed by atoms with E-state index in [1.165, 1.54) is 36.7 Å². The van der Waals surface area contributed by atoms with Crippen LogP contribution >= 0.6 is 0 Å². The second-order valence-electron chi connectivity index (χ2n) is 6.74. The maximum Gasteiger partial charge on any atom is 0.255 e. The minimum atomic E-state index is -3.76. The Morgan fingerprint density at radius 1 is 1.19 bits per heavy atom. The number of hydrogen-bond donors (Lipinski definition) is 1. The first-order valence-corrected chi connectivity index (χ1v) is 10.1. The van der Waals surface area contributed by atoms with Gasteiger partial charge in [0.1, 0.15) is 5.75 Å². The molecule has 0 aliphatic carbocycles. The van der Waals surface area contributed by atoms with Crippen LogP contribution in [-0.4, -0.2) is 38.8 Å². The Hall–Kier alpha value is -2.38. The van der Waals surface area contributed by atoms with Crippen molar-refractivity contribution in [2.75, 3.05) is 14.2 Å². The van der Waals surface area contributed by atoms with E-state index in [4.69, 9.17) is 4.74 Å². The molecule has 0 aliphatic heterocycles. The molecule has 2 rings (SSSR count). The summed E-state index contributed by atoms with van der Waals surface area (Å²) >= 11 is 0. The van der Waals surface area contributed by atoms with Crippen molar-refractivity contribution in [3.8, 4) is 5.75 Å². The quantitative estimate of drug-likeness (QED) is 0.789. The first-order valence-electron chi connectivity index (χ1n) is 8.66. The smallest absolute Gasteiger partial charge is 0.255 e. The number of nitrogens with one attached hydrogen (secondary N) is 1. The van der Waals surface area contributed by atoms with Gasteiger partial charge >= 0.3 is 0 Å². The molecule has 1 N–H and O–H groups in total. The van der Waals surface area contributed by atoms with Crippen LogP contribution in [0.4, 0.5) is 0 Å². The zero-order valence-electron chi connectivity index (χ0n) is 16.3. The van der Waals surface area contributed by atoms with Gasteiger partial charge in [0.25, 0.3) is 5.91 Å². The highest BCUT2D eigenvalue weighted by Crippen LogP contribution is 2.25. The molecule has 1 amide bonds. The van der Waals surface area contributed by atoms with E-state index in [2.05, 4.69) is 5.32 Å². The monoisotopic (exact) mass is 390 g/mol. The molecule has 7 heteroatoms. The number of ether oxygens (including phenoxy) is 1. The number of hydrogen-bond acceptors (Lipinski definition) is 4. The van der Waals surface area contributed by atoms with E-state index < -0.39 is 10.0 Å². The Labute approximate surface area is 161 Å². The number of benzene rings is 2. The molecule has 2 aromatic rings. The van der Waals surface area contributed by atoms with Crippen LogP contribution in [-0.2, 0) is 16.6 Å². The molecule has 2 aromatic carbocycles. The summed E-state index contributed by atoms with van der Waals surface area (Å²) in [5.41, 5.74) is 2.15. The molecule has 0 aliphatic rings. The lowest BCUT2D eigenvalue weighted by atomic mass is 10.1. The van der Waals surface area contributed by atoms with Crippen LogP contribution in [0.3, 0.4) is 0 Å². The summed E-state index contributed by atoms with van der Waals surface area (Å²) in [5, 5.41) is 2.76. The van der Waals surface area contributed by atoms with Crippen molar-refractivity contribution in [3.63, 3.8) is 0 Å². The third-order valence-electron chi connectivity index (χ3n) is 4.03. The second-order valence-corrected chi connectivity index (χ2v) is 8.79. The summed E-state index contributed by atoms with van der Waals surface area (Å²) in [6, 6.07) is 11.9. The summed E-state index contributed by atoms with van der Waals surface area (Å²) in [5.74, 6) is -0.0475. The van der Waals surface area contributed by atoms with E-state index in [0.29, 0.717) is 5.75 Å². The predicted octanol–water partition coefficient (Wildman–Crippen LogP) is 2.96. The summed E-state index contributed by atoms with van der Waals surface area (Å²) in [7, 11) is -0.794. The van der Waals surface area contributed by atoms with Gasteiger partial charge in [-0.1, -0.05) is 29.8 Å². The number of amides is 1. The highest BCUT2D eigenvalue weighted by molar-refractivity contribution is 7.89. The van der Waals surface area contributed by atoms with Gasteiger partial charge in [-0.3, -0.25) is 4.79 Å². The Morgan fingerprint density at radius 2 is 1.89 bits per heavy atom. The number of carbonyl (C=O) groups is 1. The highest BCUT2D eigenvalue weighted by atomic mass is 32.2. The molecule has 0 radical (unpaired) electrons. The van der Waals surface area contributed by atoms with Gasteiger partial charge in [0.15, 0.2) is 0 Å². The summed E-state index contributed by atoms with van der Waals surface area (Å²) in [4.78, 5) is 12.5. The van der Waals surface area contributed by atoms with Crippen molar-refractivity contribution in [2.24, 2.45) is 0 Å². The van der Waals surface area contributed by atoms with E-state index in [0.717, 1.165) is 11.1 Å². The maximum absolute atomic E-state index is 13.0. The summed E-state index contributed by atoms with van der Waals surface area (Å²) in [6.07, 6.45) is 0. The van der Waals surface area contributed by atoms with Crippen LogP contribution in [0.15, 0.2) is 47.4 Å². The predicted molar refractivity (Wildman–Crippen MR) is 105 cm³/mol. The molecule has 146 valence electrons. The van der Waals surface area contributed by atoms with Crippen molar-refractivity contribution in [1.29, 1.82) is 0 Å². The van der Waals surface area contributed by atoms with E-state index in [9.17, 15) is 13.2 Å². The Kier molecular flexibility index (Phi) is 6.62. The van der Waals surface area contributed by atoms with Gasteiger partial charge in [-0.05, 0) is 44.5 Å². The van der Waals surface area contributed by atoms with Crippen molar-refractivity contribution in [1.82, 2.24) is 9.62 Å². The lowest BCUT2D eigenvalue weighted by Crippen LogP contribution is -2.31. The third kappa shape index (κ3) is 5.08. The van der Waals surface area contributed by atoms with Crippen LogP contribution in [0.25, 0.3) is 0 Å². The lowest BCUT2D eigenvalue weighted by molar-refractivity contribution is 0.0940. The molecule has 0 saturated heterocycles. The lowest BCUT2D eigenvalue weighted by Gasteiger charge is -2.19. The first-order chi connectivity index (χ1) is 12.6. The summed E-state index contributed by atoms with van der Waals surface area (Å²) < 4.78 is 32.4. The second kappa shape index (κ2) is 8.54. The molecule has 27 heavy (non-hydrogen) atoms. The van der Waals surface area contributed by atoms with Crippen molar-refractivity contribution < 1.29 is 17.9 Å². The van der Waals surface area contributed by atoms with Crippen molar-refractivity contribution in [2.45, 2.75) is 38.3 Å². The SMILES string of the molecule is COc1ccc(S(=O)(=O)N(C)Cc2cccc(C)c2)cc1C(=O)NC(C)C. The van der Waals surface area contributed by atoms with Crippen molar-refractivity contribution in [3.05, 3.63) is 59.2 Å². The van der Waals surface area contributed by atoms with Crippen LogP contribution < -0.4 is 10.1 Å². The van der Waals surface area contributed by atoms with E-state index in [-0.39, 0.29) is 29.0 Å². The van der Waals surface area contributed by atoms with Crippen LogP contribution in [0.2, 0.25) is 0 Å². The number of nitrogens with zero attached hydrogens (tertiary/aromatic N) is 1. The molecule has 0 heterocycles. The standard InChI is InChI=1S/C20H26N2O4S/c1-14(2)21-20(23)18-12-17(9-10-19(18)26-5)27(24,25)22(4)13-16-8-6-7-15(3)11-16/h6-12,14H,13H2,1-5H3,(H,21,23). The topological polar surface area (TPSA) is 75.7 Å². The van der Waals surface area contributed by atoms with Crippen LogP contribution in [0.1, 0.15) is 35.3 Å². The average Bonchev–Trinajstić information content (AvgIpc) is 2.60. The molecular weight excluding hydrogens is 364 g/mol. The van der Waals surface area contributed by atoms with Gasteiger partial charge in [-0.15, -0.1) is 0 Å². The van der Waals surface area contributed by atoms with Crippen molar-refractivity contribution >= 4 is 15.9 Å². The molecule has 0 aromatic heterocycles. The molecule has 0 bridgehead atoms. The minimum Gasteiger partial charge on any atom is -0.496 e. The fraction of sp³-hybridized carbons (Fsp3) is 0.350. The van der Waals surface area contributed by atoms with E-state index in [1.807, 2.05) is 45.0 Å². The number of rotatable bonds is 7. The van der Waals surface area contributed by atoms with Crippen LogP contribution in [0, 0.1) is 6.92 Å². The molecule has 0 fully saturated rings. The highest BCUT2D eigenvalue weighted by Gasteiger charge is 2.24. The number of sulfonamides is 1. The Bertz CT molecular complexity index is 923. The van der Waals surface area contributed by atoms with Crippen LogP contribution in [0.5, 0.6) is 5.75 Å². The molecular formula is C20H26N2O4S. The average molecular weight is 391 g/mol. The maximum atomic E-state index is 13.0. The zero-order valence-corrected chi connectivity index (χ0v) is 17.1. The molecule has 0 atom stereocenters.